The van der Waals surface area contributed by atoms with Crippen LogP contribution >= 0.6 is 0 Å². The van der Waals surface area contributed by atoms with Gasteiger partial charge in [0.05, 0.1) is 17.7 Å². The van der Waals surface area contributed by atoms with E-state index in [2.05, 4.69) is 9.58 Å². The van der Waals surface area contributed by atoms with Crippen LogP contribution in [0.15, 0.2) is 30.3 Å². The van der Waals surface area contributed by atoms with E-state index >= 15 is 0 Å². The molecule has 3 rings (SSSR count). The van der Waals surface area contributed by atoms with Gasteiger partial charge in [-0.2, -0.15) is 0 Å². The van der Waals surface area contributed by atoms with Crippen LogP contribution < -0.4 is 0 Å². The van der Waals surface area contributed by atoms with Gasteiger partial charge in [-0.1, -0.05) is 12.1 Å². The predicted molar refractivity (Wildman–Crippen MR) is 60.0 cm³/mol. The Morgan fingerprint density at radius 2 is 1.82 bits per heavy atom. The van der Waals surface area contributed by atoms with E-state index in [1.165, 1.54) is 6.07 Å². The minimum absolute atomic E-state index is 0.281. The summed E-state index contributed by atoms with van der Waals surface area (Å²) in [5.74, 6) is -1.33. The Balaban J connectivity index is 2.53. The van der Waals surface area contributed by atoms with Gasteiger partial charge in [0.2, 0.25) is 0 Å². The smallest absolute Gasteiger partial charge is 0.346 e. The number of benzene rings is 2. The Kier molecular flexibility index (Phi) is 1.77. The van der Waals surface area contributed by atoms with Crippen LogP contribution in [0.2, 0.25) is 0 Å². The highest BCUT2D eigenvalue weighted by molar-refractivity contribution is 6.21. The number of nitrogens with zero attached hydrogens (tertiary/aromatic N) is 1. The van der Waals surface area contributed by atoms with E-state index in [0.29, 0.717) is 22.0 Å². The summed E-state index contributed by atoms with van der Waals surface area (Å²) in [6, 6.07) is 8.18. The molecule has 0 aliphatic carbocycles. The average molecular weight is 223 g/mol. The van der Waals surface area contributed by atoms with Gasteiger partial charge in [-0.25, -0.2) is 14.4 Å². The number of hydrogen-bond acceptors (Lipinski definition) is 3. The first-order chi connectivity index (χ1) is 8.20. The predicted octanol–water partition coefficient (Wildman–Crippen LogP) is 2.70. The molecule has 80 valence electrons. The molecule has 0 saturated carbocycles. The molecule has 0 atom stereocenters. The Morgan fingerprint density at radius 3 is 2.59 bits per heavy atom. The van der Waals surface area contributed by atoms with Crippen LogP contribution in [0, 0.1) is 6.57 Å². The van der Waals surface area contributed by atoms with Gasteiger partial charge < -0.3 is 4.74 Å². The molecule has 1 heterocycles. The second-order valence-electron chi connectivity index (χ2n) is 3.69. The largest absolute Gasteiger partial charge is 0.386 e. The van der Waals surface area contributed by atoms with E-state index < -0.39 is 11.9 Å². The van der Waals surface area contributed by atoms with Gasteiger partial charge in [0.1, 0.15) is 0 Å². The maximum atomic E-state index is 11.6. The zero-order valence-electron chi connectivity index (χ0n) is 8.56. The molecule has 4 nitrogen and oxygen atoms in total. The van der Waals surface area contributed by atoms with Gasteiger partial charge in [-0.05, 0) is 23.6 Å². The average Bonchev–Trinajstić information content (AvgIpc) is 2.35. The summed E-state index contributed by atoms with van der Waals surface area (Å²) in [4.78, 5) is 26.4. The van der Waals surface area contributed by atoms with Crippen LogP contribution in [-0.2, 0) is 4.74 Å². The summed E-state index contributed by atoms with van der Waals surface area (Å²) >= 11 is 0. The van der Waals surface area contributed by atoms with Crippen molar-refractivity contribution in [1.82, 2.24) is 0 Å². The lowest BCUT2D eigenvalue weighted by molar-refractivity contribution is 0.0391. The summed E-state index contributed by atoms with van der Waals surface area (Å²) in [6.07, 6.45) is 0. The molecule has 0 N–H and O–H groups in total. The second kappa shape index (κ2) is 3.16. The fourth-order valence-electron chi connectivity index (χ4n) is 2.00. The fourth-order valence-corrected chi connectivity index (χ4v) is 2.00. The topological polar surface area (TPSA) is 47.7 Å². The van der Waals surface area contributed by atoms with Crippen molar-refractivity contribution >= 4 is 28.4 Å². The molecule has 0 bridgehead atoms. The summed E-state index contributed by atoms with van der Waals surface area (Å²) in [5, 5.41) is 1.28. The minimum Gasteiger partial charge on any atom is -0.386 e. The van der Waals surface area contributed by atoms with Crippen molar-refractivity contribution in [3.05, 3.63) is 52.9 Å². The van der Waals surface area contributed by atoms with Crippen molar-refractivity contribution in [3.8, 4) is 0 Å². The first-order valence-electron chi connectivity index (χ1n) is 4.91. The third kappa shape index (κ3) is 1.23. The maximum Gasteiger partial charge on any atom is 0.346 e. The van der Waals surface area contributed by atoms with E-state index in [4.69, 9.17) is 6.57 Å². The van der Waals surface area contributed by atoms with Gasteiger partial charge in [0.25, 0.3) is 0 Å². The first-order valence-corrected chi connectivity index (χ1v) is 4.91. The number of esters is 2. The van der Waals surface area contributed by atoms with E-state index in [1.54, 1.807) is 24.3 Å². The first kappa shape index (κ1) is 9.55. The molecular formula is C13H5NO3. The van der Waals surface area contributed by atoms with Crippen LogP contribution in [0.25, 0.3) is 15.6 Å². The molecule has 4 heteroatoms. The number of ether oxygens (including phenoxy) is 1. The third-order valence-electron chi connectivity index (χ3n) is 2.72. The highest BCUT2D eigenvalue weighted by Gasteiger charge is 2.27. The van der Waals surface area contributed by atoms with Crippen molar-refractivity contribution in [1.29, 1.82) is 0 Å². The Bertz CT molecular complexity index is 725. The second-order valence-corrected chi connectivity index (χ2v) is 3.69. The van der Waals surface area contributed by atoms with E-state index in [-0.39, 0.29) is 5.56 Å². The van der Waals surface area contributed by atoms with Crippen molar-refractivity contribution in [2.45, 2.75) is 0 Å². The van der Waals surface area contributed by atoms with Crippen LogP contribution in [0.3, 0.4) is 0 Å². The summed E-state index contributed by atoms with van der Waals surface area (Å²) < 4.78 is 4.62. The Labute approximate surface area is 96.2 Å². The molecule has 0 unspecified atom stereocenters. The fraction of sp³-hybridized carbons (Fsp3) is 0. The number of cyclic esters (lactones) is 2. The van der Waals surface area contributed by atoms with Gasteiger partial charge in [0, 0.05) is 5.39 Å². The number of hydrogen-bond donors (Lipinski definition) is 0. The zero-order chi connectivity index (χ0) is 12.0. The van der Waals surface area contributed by atoms with Gasteiger partial charge >= 0.3 is 11.9 Å². The van der Waals surface area contributed by atoms with Crippen molar-refractivity contribution < 1.29 is 14.3 Å². The Hall–Kier alpha value is -2.67. The van der Waals surface area contributed by atoms with Crippen LogP contribution in [0.4, 0.5) is 5.69 Å². The SMILES string of the molecule is [C-]#[N+]c1cc2c3c(cccc3c1)C(=O)OC2=O. The highest BCUT2D eigenvalue weighted by Crippen LogP contribution is 2.32. The zero-order valence-corrected chi connectivity index (χ0v) is 8.56. The standard InChI is InChI=1S/C13H5NO3/c1-14-8-5-7-3-2-4-9-11(7)10(6-8)13(16)17-12(9)15/h2-6H. The normalized spacial score (nSPS) is 13.4. The molecule has 0 spiro atoms. The summed E-state index contributed by atoms with van der Waals surface area (Å²) in [6.45, 7) is 6.97. The van der Waals surface area contributed by atoms with Gasteiger partial charge in [-0.3, -0.25) is 0 Å². The van der Waals surface area contributed by atoms with E-state index in [9.17, 15) is 9.59 Å². The quantitative estimate of drug-likeness (QED) is 0.392. The number of rotatable bonds is 0. The lowest BCUT2D eigenvalue weighted by atomic mass is 9.97. The van der Waals surface area contributed by atoms with Gasteiger partial charge in [0.15, 0.2) is 5.69 Å². The van der Waals surface area contributed by atoms with Crippen LogP contribution in [-0.4, -0.2) is 11.9 Å². The molecule has 2 aromatic carbocycles. The van der Waals surface area contributed by atoms with E-state index in [1.807, 2.05) is 0 Å². The molecule has 0 radical (unpaired) electrons. The molecule has 0 aromatic heterocycles. The van der Waals surface area contributed by atoms with Crippen LogP contribution in [0.1, 0.15) is 20.7 Å². The van der Waals surface area contributed by atoms with Gasteiger partial charge in [-0.15, -0.1) is 0 Å². The number of carbonyl (C=O) groups excluding carboxylic acids is 2. The highest BCUT2D eigenvalue weighted by atomic mass is 16.6. The van der Waals surface area contributed by atoms with Crippen molar-refractivity contribution in [3.63, 3.8) is 0 Å². The maximum absolute atomic E-state index is 11.6. The molecule has 0 fully saturated rings. The molecule has 0 saturated heterocycles. The molecule has 1 aliphatic rings. The van der Waals surface area contributed by atoms with Crippen LogP contribution in [0.5, 0.6) is 0 Å². The molecule has 1 aliphatic heterocycles. The summed E-state index contributed by atoms with van der Waals surface area (Å²) in [5.41, 5.74) is 1.01. The monoisotopic (exact) mass is 223 g/mol. The van der Waals surface area contributed by atoms with Crippen molar-refractivity contribution in [2.24, 2.45) is 0 Å². The lowest BCUT2D eigenvalue weighted by Gasteiger charge is -2.15. The molecule has 0 amide bonds. The number of carbonyl (C=O) groups is 2. The minimum atomic E-state index is -0.691. The summed E-state index contributed by atoms with van der Waals surface area (Å²) in [7, 11) is 0. The van der Waals surface area contributed by atoms with E-state index in [0.717, 1.165) is 0 Å². The molecular weight excluding hydrogens is 218 g/mol. The Morgan fingerprint density at radius 1 is 1.06 bits per heavy atom. The van der Waals surface area contributed by atoms with Crippen molar-refractivity contribution in [2.75, 3.05) is 0 Å². The lowest BCUT2D eigenvalue weighted by Crippen LogP contribution is -2.19. The third-order valence-corrected chi connectivity index (χ3v) is 2.72. The molecule has 2 aromatic rings. The molecule has 17 heavy (non-hydrogen) atoms.